The lowest BCUT2D eigenvalue weighted by Gasteiger charge is -2.12. The van der Waals surface area contributed by atoms with Crippen molar-refractivity contribution in [1.82, 2.24) is 19.5 Å². The van der Waals surface area contributed by atoms with Crippen molar-refractivity contribution in [3.8, 4) is 62.1 Å². The van der Waals surface area contributed by atoms with Crippen LogP contribution in [0.5, 0.6) is 0 Å². The lowest BCUT2D eigenvalue weighted by Crippen LogP contribution is -2.06. The maximum Gasteiger partial charge on any atom is 0.238 e. The van der Waals surface area contributed by atoms with Crippen LogP contribution in [0.2, 0.25) is 0 Å². The first kappa shape index (κ1) is 31.9. The lowest BCUT2D eigenvalue weighted by molar-refractivity contribution is 0.669. The molecule has 3 heterocycles. The number of benzene rings is 8. The van der Waals surface area contributed by atoms with E-state index >= 15 is 0 Å². The third-order valence-electron chi connectivity index (χ3n) is 10.7. The molecule has 0 unspecified atom stereocenters. The predicted molar refractivity (Wildman–Crippen MR) is 229 cm³/mol. The summed E-state index contributed by atoms with van der Waals surface area (Å²) in [6.07, 6.45) is 0. The molecule has 0 bridgehead atoms. The van der Waals surface area contributed by atoms with E-state index in [0.29, 0.717) is 17.6 Å². The summed E-state index contributed by atoms with van der Waals surface area (Å²) in [6.45, 7) is 0. The van der Waals surface area contributed by atoms with Crippen LogP contribution in [0.25, 0.3) is 106 Å². The minimum absolute atomic E-state index is 0.564. The standard InChI is InChI=1S/C51H32N4O/c1-4-12-33(13-5-1)35-20-22-37(23-21-35)50-52-49(36-16-8-3-9-17-36)53-51(54-50)55-45-19-11-10-18-41(45)42-27-24-40(32-46(42)55)39-26-29-48-44(31-39)43-30-38(25-28-47(43)56-48)34-14-6-2-7-15-34/h1-32H. The van der Waals surface area contributed by atoms with Gasteiger partial charge in [-0.1, -0.05) is 158 Å². The molecule has 262 valence electrons. The third kappa shape index (κ3) is 5.45. The molecular weight excluding hydrogens is 685 g/mol. The van der Waals surface area contributed by atoms with Gasteiger partial charge in [0.05, 0.1) is 11.0 Å². The quantitative estimate of drug-likeness (QED) is 0.172. The maximum atomic E-state index is 6.32. The summed E-state index contributed by atoms with van der Waals surface area (Å²) in [4.78, 5) is 15.4. The molecule has 0 aliphatic carbocycles. The van der Waals surface area contributed by atoms with Crippen LogP contribution < -0.4 is 0 Å². The smallest absolute Gasteiger partial charge is 0.238 e. The van der Waals surface area contributed by atoms with Crippen molar-refractivity contribution in [2.75, 3.05) is 0 Å². The summed E-state index contributed by atoms with van der Waals surface area (Å²) in [6, 6.07) is 67.5. The minimum atomic E-state index is 0.564. The van der Waals surface area contributed by atoms with Gasteiger partial charge in [-0.15, -0.1) is 0 Å². The van der Waals surface area contributed by atoms with Gasteiger partial charge < -0.3 is 4.42 Å². The first-order chi connectivity index (χ1) is 27.7. The van der Waals surface area contributed by atoms with Gasteiger partial charge in [-0.3, -0.25) is 4.57 Å². The molecule has 11 aromatic rings. The largest absolute Gasteiger partial charge is 0.456 e. The Bertz CT molecular complexity index is 3220. The molecule has 0 saturated heterocycles. The summed E-state index contributed by atoms with van der Waals surface area (Å²) >= 11 is 0. The first-order valence-corrected chi connectivity index (χ1v) is 18.8. The number of furan rings is 1. The molecule has 0 spiro atoms. The molecule has 5 nitrogen and oxygen atoms in total. The second kappa shape index (κ2) is 13.0. The summed E-state index contributed by atoms with van der Waals surface area (Å²) in [5.74, 6) is 1.80. The van der Waals surface area contributed by atoms with Gasteiger partial charge >= 0.3 is 0 Å². The summed E-state index contributed by atoms with van der Waals surface area (Å²) in [7, 11) is 0. The molecule has 8 aromatic carbocycles. The molecule has 5 heteroatoms. The fourth-order valence-corrected chi connectivity index (χ4v) is 7.89. The predicted octanol–water partition coefficient (Wildman–Crippen LogP) is 13.2. The Kier molecular flexibility index (Phi) is 7.42. The highest BCUT2D eigenvalue weighted by molar-refractivity contribution is 6.11. The average molecular weight is 717 g/mol. The van der Waals surface area contributed by atoms with E-state index in [1.807, 2.05) is 42.5 Å². The fraction of sp³-hybridized carbons (Fsp3) is 0. The van der Waals surface area contributed by atoms with Crippen molar-refractivity contribution in [2.45, 2.75) is 0 Å². The number of fused-ring (bicyclic) bond motifs is 6. The van der Waals surface area contributed by atoms with Crippen LogP contribution in [0.4, 0.5) is 0 Å². The molecule has 3 aromatic heterocycles. The molecule has 0 amide bonds. The Morgan fingerprint density at radius 1 is 0.304 bits per heavy atom. The van der Waals surface area contributed by atoms with E-state index in [4.69, 9.17) is 19.4 Å². The van der Waals surface area contributed by atoms with Crippen molar-refractivity contribution >= 4 is 43.7 Å². The molecule has 0 aliphatic rings. The van der Waals surface area contributed by atoms with Crippen molar-refractivity contribution in [1.29, 1.82) is 0 Å². The van der Waals surface area contributed by atoms with Crippen LogP contribution in [-0.2, 0) is 0 Å². The maximum absolute atomic E-state index is 6.32. The molecule has 0 fully saturated rings. The van der Waals surface area contributed by atoms with E-state index in [1.54, 1.807) is 0 Å². The van der Waals surface area contributed by atoms with Crippen molar-refractivity contribution in [2.24, 2.45) is 0 Å². The Balaban J connectivity index is 1.08. The van der Waals surface area contributed by atoms with Crippen LogP contribution in [0, 0.1) is 0 Å². The van der Waals surface area contributed by atoms with Crippen LogP contribution in [0.15, 0.2) is 199 Å². The van der Waals surface area contributed by atoms with Gasteiger partial charge in [-0.2, -0.15) is 9.97 Å². The number of para-hydroxylation sites is 1. The molecule has 0 N–H and O–H groups in total. The second-order valence-corrected chi connectivity index (χ2v) is 14.1. The SMILES string of the molecule is c1ccc(-c2ccc(-c3nc(-c4ccccc4)nc(-n4c5ccccc5c5ccc(-c6ccc7oc8ccc(-c9ccccc9)cc8c7c6)cc54)n3)cc2)cc1. The van der Waals surface area contributed by atoms with Gasteiger partial charge in [0.15, 0.2) is 11.6 Å². The zero-order valence-corrected chi connectivity index (χ0v) is 30.2. The zero-order valence-electron chi connectivity index (χ0n) is 30.2. The van der Waals surface area contributed by atoms with Crippen LogP contribution in [0.3, 0.4) is 0 Å². The van der Waals surface area contributed by atoms with Crippen LogP contribution >= 0.6 is 0 Å². The Hall–Kier alpha value is -7.63. The van der Waals surface area contributed by atoms with Crippen molar-refractivity contribution < 1.29 is 4.42 Å². The number of rotatable bonds is 6. The zero-order chi connectivity index (χ0) is 37.0. The van der Waals surface area contributed by atoms with E-state index in [1.165, 1.54) is 11.1 Å². The van der Waals surface area contributed by atoms with E-state index < -0.39 is 0 Å². The van der Waals surface area contributed by atoms with Crippen LogP contribution in [-0.4, -0.2) is 19.5 Å². The molecule has 0 saturated carbocycles. The Labute approximate surface area is 322 Å². The third-order valence-corrected chi connectivity index (χ3v) is 10.7. The number of nitrogens with zero attached hydrogens (tertiary/aromatic N) is 4. The van der Waals surface area contributed by atoms with E-state index in [2.05, 4.69) is 156 Å². The van der Waals surface area contributed by atoms with Crippen LogP contribution in [0.1, 0.15) is 0 Å². The molecule has 11 rings (SSSR count). The molecule has 0 aliphatic heterocycles. The molecule has 0 radical (unpaired) electrons. The van der Waals surface area contributed by atoms with Crippen molar-refractivity contribution in [3.63, 3.8) is 0 Å². The van der Waals surface area contributed by atoms with Crippen molar-refractivity contribution in [3.05, 3.63) is 194 Å². The summed E-state index contributed by atoms with van der Waals surface area (Å²) in [5.41, 5.74) is 12.5. The van der Waals surface area contributed by atoms with E-state index in [0.717, 1.165) is 77.1 Å². The lowest BCUT2D eigenvalue weighted by atomic mass is 9.99. The van der Waals surface area contributed by atoms with Gasteiger partial charge in [-0.25, -0.2) is 4.98 Å². The van der Waals surface area contributed by atoms with Gasteiger partial charge in [0.1, 0.15) is 11.2 Å². The average Bonchev–Trinajstić information content (AvgIpc) is 3.82. The first-order valence-electron chi connectivity index (χ1n) is 18.8. The molecule has 0 atom stereocenters. The van der Waals surface area contributed by atoms with Gasteiger partial charge in [-0.05, 0) is 69.8 Å². The Morgan fingerprint density at radius 2 is 0.732 bits per heavy atom. The van der Waals surface area contributed by atoms with Gasteiger partial charge in [0, 0.05) is 32.7 Å². The summed E-state index contributed by atoms with van der Waals surface area (Å²) < 4.78 is 8.50. The molecular formula is C51H32N4O. The van der Waals surface area contributed by atoms with Gasteiger partial charge in [0.2, 0.25) is 5.95 Å². The highest BCUT2D eigenvalue weighted by Gasteiger charge is 2.19. The second-order valence-electron chi connectivity index (χ2n) is 14.1. The van der Waals surface area contributed by atoms with E-state index in [-0.39, 0.29) is 0 Å². The fourth-order valence-electron chi connectivity index (χ4n) is 7.89. The number of hydrogen-bond acceptors (Lipinski definition) is 4. The molecule has 56 heavy (non-hydrogen) atoms. The highest BCUT2D eigenvalue weighted by Crippen LogP contribution is 2.38. The monoisotopic (exact) mass is 716 g/mol. The van der Waals surface area contributed by atoms with Gasteiger partial charge in [0.25, 0.3) is 0 Å². The highest BCUT2D eigenvalue weighted by atomic mass is 16.3. The normalized spacial score (nSPS) is 11.6. The number of aromatic nitrogens is 4. The van der Waals surface area contributed by atoms with E-state index in [9.17, 15) is 0 Å². The minimum Gasteiger partial charge on any atom is -0.456 e. The topological polar surface area (TPSA) is 56.7 Å². The summed E-state index contributed by atoms with van der Waals surface area (Å²) in [5, 5.41) is 4.45. The number of hydrogen-bond donors (Lipinski definition) is 0. The Morgan fingerprint density at radius 3 is 1.38 bits per heavy atom.